The van der Waals surface area contributed by atoms with Crippen molar-refractivity contribution in [2.45, 2.75) is 218 Å². The van der Waals surface area contributed by atoms with Crippen LogP contribution in [0.25, 0.3) is 0 Å². The molecule has 0 radical (unpaired) electrons. The zero-order valence-corrected chi connectivity index (χ0v) is 39.7. The highest BCUT2D eigenvalue weighted by Gasteiger charge is 2.70. The molecule has 7 fully saturated rings. The van der Waals surface area contributed by atoms with Crippen LogP contribution in [0.3, 0.4) is 0 Å². The molecule has 18 nitrogen and oxygen atoms in total. The number of hydrogen-bond donors (Lipinski definition) is 11. The summed E-state index contributed by atoms with van der Waals surface area (Å²) >= 11 is 0. The molecule has 3 saturated heterocycles. The lowest BCUT2D eigenvalue weighted by Gasteiger charge is -2.72. The molecule has 25 atom stereocenters. The van der Waals surface area contributed by atoms with E-state index in [1.165, 1.54) is 12.5 Å². The summed E-state index contributed by atoms with van der Waals surface area (Å²) in [6.45, 7) is 16.3. The summed E-state index contributed by atoms with van der Waals surface area (Å²) in [6.07, 6.45) is -17.6. The van der Waals surface area contributed by atoms with Gasteiger partial charge in [0.2, 0.25) is 0 Å². The Hall–Kier alpha value is -1.43. The van der Waals surface area contributed by atoms with E-state index >= 15 is 0 Å². The molecule has 0 aromatic heterocycles. The van der Waals surface area contributed by atoms with Gasteiger partial charge in [-0.25, -0.2) is 4.79 Å². The molecule has 8 aliphatic rings. The molecule has 66 heavy (non-hydrogen) atoms. The number of aliphatic carboxylic acids is 1. The summed E-state index contributed by atoms with van der Waals surface area (Å²) in [7, 11) is 0. The van der Waals surface area contributed by atoms with Crippen LogP contribution in [0.15, 0.2) is 11.6 Å². The summed E-state index contributed by atoms with van der Waals surface area (Å²) in [6, 6.07) is 0. The van der Waals surface area contributed by atoms with Crippen molar-refractivity contribution >= 4 is 5.97 Å². The standard InChI is InChI=1S/C48H78O18/c1-21-29(52)31(54)35(58)40(61-21)65-37-32(55)30(53)24(19-49)62-41(37)66-38-34(57)33(56)36(39(59)60)64-42(38)63-28-12-13-45(5)25(46(28,6)20-50)11-14-48(8)26(45)10-9-22-23-17-43(2,3)18-27(51)44(23,4)15-16-47(22,48)7/h9,21,23-38,40-42,49-58H,10-20H2,1-8H3,(H,59,60)/t21?,23-,24?,25-,26-,27?,28?,29?,30?,31?,32?,33?,34?,35?,36?,37?,38?,40+,41-,42+,44+,45-,46-,47+,48-/m0/s1. The third-order valence-corrected chi connectivity index (χ3v) is 19.5. The molecule has 0 spiro atoms. The minimum absolute atomic E-state index is 0.0166. The van der Waals surface area contributed by atoms with Crippen LogP contribution in [0, 0.1) is 50.2 Å². The van der Waals surface area contributed by atoms with Gasteiger partial charge in [-0.15, -0.1) is 0 Å². The molecule has 18 heteroatoms. The van der Waals surface area contributed by atoms with Gasteiger partial charge in [-0.05, 0) is 104 Å². The molecular formula is C48H78O18. The highest BCUT2D eigenvalue weighted by molar-refractivity contribution is 5.73. The average Bonchev–Trinajstić information content (AvgIpc) is 3.25. The molecule has 8 rings (SSSR count). The third kappa shape index (κ3) is 7.78. The highest BCUT2D eigenvalue weighted by atomic mass is 16.8. The van der Waals surface area contributed by atoms with Gasteiger partial charge in [0.05, 0.1) is 31.5 Å². The fourth-order valence-corrected chi connectivity index (χ4v) is 15.1. The third-order valence-electron chi connectivity index (χ3n) is 19.5. The van der Waals surface area contributed by atoms with E-state index in [0.29, 0.717) is 12.8 Å². The average molecular weight is 943 g/mol. The first-order valence-corrected chi connectivity index (χ1v) is 24.3. The fourth-order valence-electron chi connectivity index (χ4n) is 15.1. The topological polar surface area (TPSA) is 295 Å². The Labute approximate surface area is 387 Å². The first-order chi connectivity index (χ1) is 30.7. The lowest BCUT2D eigenvalue weighted by Crippen LogP contribution is -2.68. The van der Waals surface area contributed by atoms with E-state index in [0.717, 1.165) is 44.9 Å². The Kier molecular flexibility index (Phi) is 13.7. The Morgan fingerprint density at radius 3 is 1.94 bits per heavy atom. The van der Waals surface area contributed by atoms with E-state index in [9.17, 15) is 61.0 Å². The smallest absolute Gasteiger partial charge is 0.335 e. The van der Waals surface area contributed by atoms with Crippen LogP contribution >= 0.6 is 0 Å². The molecule has 4 saturated carbocycles. The normalized spacial score (nSPS) is 55.9. The maximum Gasteiger partial charge on any atom is 0.335 e. The maximum absolute atomic E-state index is 12.5. The number of aliphatic hydroxyl groups excluding tert-OH is 10. The number of ether oxygens (including phenoxy) is 6. The van der Waals surface area contributed by atoms with Crippen LogP contribution in [0.1, 0.15) is 113 Å². The molecule has 3 heterocycles. The van der Waals surface area contributed by atoms with E-state index < -0.39 is 116 Å². The van der Waals surface area contributed by atoms with E-state index in [2.05, 4.69) is 47.6 Å². The zero-order valence-electron chi connectivity index (χ0n) is 39.7. The second-order valence-electron chi connectivity index (χ2n) is 23.6. The van der Waals surface area contributed by atoms with Crippen molar-refractivity contribution in [3.63, 3.8) is 0 Å². The van der Waals surface area contributed by atoms with Gasteiger partial charge >= 0.3 is 5.97 Å². The molecule has 0 aromatic rings. The van der Waals surface area contributed by atoms with Crippen LogP contribution in [-0.2, 0) is 33.2 Å². The fraction of sp³-hybridized carbons (Fsp3) is 0.938. The monoisotopic (exact) mass is 943 g/mol. The number of hydrogen-bond acceptors (Lipinski definition) is 17. The quantitative estimate of drug-likeness (QED) is 0.112. The Morgan fingerprint density at radius 2 is 1.30 bits per heavy atom. The summed E-state index contributed by atoms with van der Waals surface area (Å²) in [4.78, 5) is 12.5. The van der Waals surface area contributed by atoms with Crippen molar-refractivity contribution in [1.82, 2.24) is 0 Å². The van der Waals surface area contributed by atoms with E-state index in [1.54, 1.807) is 0 Å². The van der Waals surface area contributed by atoms with E-state index in [-0.39, 0.29) is 57.5 Å². The van der Waals surface area contributed by atoms with Crippen LogP contribution in [0.5, 0.6) is 0 Å². The first-order valence-electron chi connectivity index (χ1n) is 24.3. The zero-order chi connectivity index (χ0) is 48.4. The Bertz CT molecular complexity index is 1820. The highest BCUT2D eigenvalue weighted by Crippen LogP contribution is 2.76. The molecule has 0 aromatic carbocycles. The van der Waals surface area contributed by atoms with Crippen molar-refractivity contribution in [2.75, 3.05) is 13.2 Å². The van der Waals surface area contributed by atoms with Crippen molar-refractivity contribution in [3.8, 4) is 0 Å². The number of rotatable bonds is 9. The number of carboxylic acid groups (broad SMARTS) is 1. The van der Waals surface area contributed by atoms with Crippen LogP contribution in [0.4, 0.5) is 0 Å². The molecule has 378 valence electrons. The molecule has 0 amide bonds. The van der Waals surface area contributed by atoms with Crippen molar-refractivity contribution < 1.29 is 89.4 Å². The second kappa shape index (κ2) is 17.7. The predicted octanol–water partition coefficient (Wildman–Crippen LogP) is 0.705. The number of allylic oxidation sites excluding steroid dienone is 2. The lowest BCUT2D eigenvalue weighted by molar-refractivity contribution is -0.396. The molecule has 11 N–H and O–H groups in total. The molecule has 0 bridgehead atoms. The minimum Gasteiger partial charge on any atom is -0.479 e. The van der Waals surface area contributed by atoms with Gasteiger partial charge in [-0.3, -0.25) is 0 Å². The molecule has 14 unspecified atom stereocenters. The van der Waals surface area contributed by atoms with Gasteiger partial charge < -0.3 is 84.6 Å². The summed E-state index contributed by atoms with van der Waals surface area (Å²) < 4.78 is 36.2. The van der Waals surface area contributed by atoms with Gasteiger partial charge in [0, 0.05) is 10.8 Å². The largest absolute Gasteiger partial charge is 0.479 e. The summed E-state index contributed by atoms with van der Waals surface area (Å²) in [5.41, 5.74) is -0.0545. The molecular weight excluding hydrogens is 865 g/mol. The molecule has 3 aliphatic heterocycles. The summed E-state index contributed by atoms with van der Waals surface area (Å²) in [5, 5.41) is 120. The lowest BCUT2D eigenvalue weighted by atomic mass is 9.33. The van der Waals surface area contributed by atoms with Crippen molar-refractivity contribution in [3.05, 3.63) is 11.6 Å². The number of fused-ring (bicyclic) bond motifs is 7. The van der Waals surface area contributed by atoms with Gasteiger partial charge in [0.1, 0.15) is 61.0 Å². The van der Waals surface area contributed by atoms with E-state index in [4.69, 9.17) is 28.4 Å². The van der Waals surface area contributed by atoms with Crippen molar-refractivity contribution in [2.24, 2.45) is 50.2 Å². The number of carbonyl (C=O) groups is 1. The number of aliphatic hydroxyl groups is 10. The van der Waals surface area contributed by atoms with Gasteiger partial charge in [-0.2, -0.15) is 0 Å². The van der Waals surface area contributed by atoms with Gasteiger partial charge in [0.25, 0.3) is 0 Å². The molecule has 5 aliphatic carbocycles. The van der Waals surface area contributed by atoms with Crippen LogP contribution < -0.4 is 0 Å². The van der Waals surface area contributed by atoms with Crippen LogP contribution in [-0.4, -0.2) is 180 Å². The van der Waals surface area contributed by atoms with Gasteiger partial charge in [0.15, 0.2) is 25.0 Å². The van der Waals surface area contributed by atoms with Crippen molar-refractivity contribution in [1.29, 1.82) is 0 Å². The van der Waals surface area contributed by atoms with Gasteiger partial charge in [-0.1, -0.05) is 60.1 Å². The Morgan fingerprint density at radius 1 is 0.667 bits per heavy atom. The first kappa shape index (κ1) is 50.9. The number of carboxylic acids is 1. The van der Waals surface area contributed by atoms with E-state index in [1.807, 2.05) is 6.92 Å². The maximum atomic E-state index is 12.5. The second-order valence-corrected chi connectivity index (χ2v) is 23.6. The minimum atomic E-state index is -2.07. The predicted molar refractivity (Wildman–Crippen MR) is 231 cm³/mol. The SMILES string of the molecule is CC1O[C@H](OC2C(O)C(O)C(CO)O[C@H]2OC2C(O)C(O)C(C(=O)O)O[C@H]2OC2CC[C@]3(C)[C@@H]4CC=C5[C@@H]6CC(C)(C)CC(O)[C@]6(C)CC[C@@]5(C)[C@@]4(C)CC[C@@H]3[C@]2(C)CO)C(O)C(O)C1O. The Balaban J connectivity index is 1.08. The summed E-state index contributed by atoms with van der Waals surface area (Å²) in [5.74, 6) is -1.16. The van der Waals surface area contributed by atoms with Crippen LogP contribution in [0.2, 0.25) is 0 Å².